The lowest BCUT2D eigenvalue weighted by molar-refractivity contribution is -0.139. The first-order valence-corrected chi connectivity index (χ1v) is 5.55. The molecule has 7 nitrogen and oxygen atoms in total. The molecular weight excluding hydrogens is 228 g/mol. The summed E-state index contributed by atoms with van der Waals surface area (Å²) in [6.07, 6.45) is 0.0732. The number of carboxylic acid groups (broad SMARTS) is 1. The molecule has 1 fully saturated rings. The van der Waals surface area contributed by atoms with Crippen LogP contribution in [-0.4, -0.2) is 76.5 Å². The van der Waals surface area contributed by atoms with Crippen LogP contribution in [0.2, 0.25) is 0 Å². The fourth-order valence-corrected chi connectivity index (χ4v) is 1.85. The van der Waals surface area contributed by atoms with E-state index in [0.717, 1.165) is 0 Å². The fourth-order valence-electron chi connectivity index (χ4n) is 1.85. The summed E-state index contributed by atoms with van der Waals surface area (Å²) >= 11 is 0. The third kappa shape index (κ3) is 3.86. The van der Waals surface area contributed by atoms with E-state index < -0.39 is 5.97 Å². The average Bonchev–Trinajstić information content (AvgIpc) is 2.21. The molecule has 0 aromatic heterocycles. The first kappa shape index (κ1) is 13.7. The zero-order chi connectivity index (χ0) is 12.8. The molecule has 1 rings (SSSR count). The first-order valence-electron chi connectivity index (χ1n) is 5.55. The minimum absolute atomic E-state index is 0.0153. The van der Waals surface area contributed by atoms with Crippen LogP contribution < -0.4 is 0 Å². The second kappa shape index (κ2) is 6.41. The highest BCUT2D eigenvalue weighted by molar-refractivity contribution is 5.76. The average molecular weight is 246 g/mol. The van der Waals surface area contributed by atoms with E-state index in [1.807, 2.05) is 0 Å². The molecule has 0 aromatic rings. The van der Waals surface area contributed by atoms with Crippen LogP contribution in [0.15, 0.2) is 0 Å². The number of nitrogens with zero attached hydrogens (tertiary/aromatic N) is 2. The maximum atomic E-state index is 11.8. The topological polar surface area (TPSA) is 101 Å². The Morgan fingerprint density at radius 2 is 1.71 bits per heavy atom. The van der Waals surface area contributed by atoms with Gasteiger partial charge in [0.05, 0.1) is 19.6 Å². The van der Waals surface area contributed by atoms with Crippen LogP contribution in [0.4, 0.5) is 4.79 Å². The van der Waals surface area contributed by atoms with Crippen LogP contribution in [-0.2, 0) is 4.79 Å². The van der Waals surface area contributed by atoms with Crippen LogP contribution in [0.5, 0.6) is 0 Å². The Morgan fingerprint density at radius 3 is 2.12 bits per heavy atom. The monoisotopic (exact) mass is 246 g/mol. The van der Waals surface area contributed by atoms with Crippen molar-refractivity contribution in [2.24, 2.45) is 5.92 Å². The van der Waals surface area contributed by atoms with Gasteiger partial charge in [-0.2, -0.15) is 0 Å². The Balaban J connectivity index is 2.35. The molecule has 0 bridgehead atoms. The number of hydrogen-bond donors (Lipinski definition) is 3. The molecule has 0 radical (unpaired) electrons. The molecule has 1 aliphatic rings. The minimum Gasteiger partial charge on any atom is -0.481 e. The Kier molecular flexibility index (Phi) is 5.17. The van der Waals surface area contributed by atoms with Gasteiger partial charge in [0, 0.05) is 32.1 Å². The molecule has 1 saturated heterocycles. The van der Waals surface area contributed by atoms with Gasteiger partial charge < -0.3 is 25.1 Å². The number of carboxylic acids is 1. The normalized spacial score (nSPS) is 15.5. The van der Waals surface area contributed by atoms with E-state index in [-0.39, 0.29) is 44.7 Å². The number of carbonyl (C=O) groups excluding carboxylic acids is 1. The van der Waals surface area contributed by atoms with Gasteiger partial charge in [0.1, 0.15) is 0 Å². The van der Waals surface area contributed by atoms with Crippen molar-refractivity contribution in [3.63, 3.8) is 0 Å². The lowest BCUT2D eigenvalue weighted by Gasteiger charge is -2.41. The zero-order valence-electron chi connectivity index (χ0n) is 9.58. The second-order valence-corrected chi connectivity index (χ2v) is 4.09. The molecule has 3 N–H and O–H groups in total. The van der Waals surface area contributed by atoms with E-state index >= 15 is 0 Å². The molecule has 0 spiro atoms. The van der Waals surface area contributed by atoms with Crippen molar-refractivity contribution in [3.8, 4) is 0 Å². The number of urea groups is 1. The third-order valence-electron chi connectivity index (χ3n) is 2.70. The number of aliphatic hydroxyl groups is 2. The second-order valence-electron chi connectivity index (χ2n) is 4.09. The lowest BCUT2D eigenvalue weighted by Crippen LogP contribution is -2.56. The molecule has 0 aromatic carbocycles. The summed E-state index contributed by atoms with van der Waals surface area (Å²) in [6, 6.07) is -0.255. The van der Waals surface area contributed by atoms with Crippen molar-refractivity contribution in [3.05, 3.63) is 0 Å². The summed E-state index contributed by atoms with van der Waals surface area (Å²) in [7, 11) is 0. The number of carbonyl (C=O) groups is 2. The molecule has 1 aliphatic heterocycles. The van der Waals surface area contributed by atoms with Crippen molar-refractivity contribution >= 4 is 12.0 Å². The van der Waals surface area contributed by atoms with E-state index in [9.17, 15) is 9.59 Å². The molecule has 0 atom stereocenters. The molecule has 17 heavy (non-hydrogen) atoms. The van der Waals surface area contributed by atoms with Gasteiger partial charge in [-0.25, -0.2) is 4.79 Å². The van der Waals surface area contributed by atoms with E-state index in [1.165, 1.54) is 9.80 Å². The molecule has 2 amide bonds. The van der Waals surface area contributed by atoms with Crippen LogP contribution in [0, 0.1) is 5.92 Å². The third-order valence-corrected chi connectivity index (χ3v) is 2.70. The highest BCUT2D eigenvalue weighted by atomic mass is 16.4. The molecule has 98 valence electrons. The Morgan fingerprint density at radius 1 is 1.18 bits per heavy atom. The molecule has 7 heteroatoms. The molecule has 0 aliphatic carbocycles. The lowest BCUT2D eigenvalue weighted by atomic mass is 9.97. The van der Waals surface area contributed by atoms with Gasteiger partial charge in [-0.1, -0.05) is 0 Å². The van der Waals surface area contributed by atoms with Gasteiger partial charge in [0.2, 0.25) is 0 Å². The number of hydrogen-bond acceptors (Lipinski definition) is 4. The molecule has 0 saturated carbocycles. The maximum Gasteiger partial charge on any atom is 0.320 e. The van der Waals surface area contributed by atoms with E-state index in [1.54, 1.807) is 0 Å². The quantitative estimate of drug-likeness (QED) is 0.546. The summed E-state index contributed by atoms with van der Waals surface area (Å²) < 4.78 is 0. The molecular formula is C10H18N2O5. The highest BCUT2D eigenvalue weighted by Gasteiger charge is 2.34. The number of rotatable bonds is 6. The Hall–Kier alpha value is -1.34. The van der Waals surface area contributed by atoms with Crippen molar-refractivity contribution in [1.29, 1.82) is 0 Å². The zero-order valence-corrected chi connectivity index (χ0v) is 9.58. The number of aliphatic hydroxyl groups excluding tert-OH is 2. The first-order chi connectivity index (χ1) is 8.08. The van der Waals surface area contributed by atoms with Gasteiger partial charge >= 0.3 is 12.0 Å². The smallest absolute Gasteiger partial charge is 0.320 e. The number of aliphatic carboxylic acids is 1. The largest absolute Gasteiger partial charge is 0.481 e. The summed E-state index contributed by atoms with van der Waals surface area (Å²) in [5.41, 5.74) is 0. The number of amides is 2. The minimum atomic E-state index is -0.857. The van der Waals surface area contributed by atoms with Crippen molar-refractivity contribution in [2.45, 2.75) is 6.42 Å². The van der Waals surface area contributed by atoms with Crippen LogP contribution in [0.3, 0.4) is 0 Å². The predicted molar refractivity (Wildman–Crippen MR) is 58.5 cm³/mol. The summed E-state index contributed by atoms with van der Waals surface area (Å²) in [4.78, 5) is 25.1. The van der Waals surface area contributed by atoms with Gasteiger partial charge in [-0.05, 0) is 0 Å². The van der Waals surface area contributed by atoms with Gasteiger partial charge in [-0.15, -0.1) is 0 Å². The fraction of sp³-hybridized carbons (Fsp3) is 0.800. The van der Waals surface area contributed by atoms with Crippen molar-refractivity contribution in [1.82, 2.24) is 9.80 Å². The summed E-state index contributed by atoms with van der Waals surface area (Å²) in [5, 5.41) is 26.1. The van der Waals surface area contributed by atoms with Crippen molar-refractivity contribution < 1.29 is 24.9 Å². The van der Waals surface area contributed by atoms with E-state index in [0.29, 0.717) is 13.1 Å². The standard InChI is InChI=1S/C10H18N2O5/c13-3-1-11(2-4-14)10(17)12-6-8(7-12)5-9(15)16/h8,13-14H,1-7H2,(H,15,16). The van der Waals surface area contributed by atoms with Gasteiger partial charge in [-0.3, -0.25) is 4.79 Å². The van der Waals surface area contributed by atoms with Crippen molar-refractivity contribution in [2.75, 3.05) is 39.4 Å². The SMILES string of the molecule is O=C(O)CC1CN(C(=O)N(CCO)CCO)C1. The Bertz CT molecular complexity index is 272. The van der Waals surface area contributed by atoms with Crippen LogP contribution in [0.1, 0.15) is 6.42 Å². The van der Waals surface area contributed by atoms with Crippen LogP contribution >= 0.6 is 0 Å². The molecule has 0 unspecified atom stereocenters. The van der Waals surface area contributed by atoms with Gasteiger partial charge in [0.25, 0.3) is 0 Å². The maximum absolute atomic E-state index is 11.8. The summed E-state index contributed by atoms with van der Waals surface area (Å²) in [6.45, 7) is 0.909. The number of likely N-dealkylation sites (tertiary alicyclic amines) is 1. The highest BCUT2D eigenvalue weighted by Crippen LogP contribution is 2.20. The Labute approximate surface area is 99.2 Å². The summed E-state index contributed by atoms with van der Waals surface area (Å²) in [5.74, 6) is -0.841. The van der Waals surface area contributed by atoms with E-state index in [2.05, 4.69) is 0 Å². The predicted octanol–water partition coefficient (Wildman–Crippen LogP) is -1.20. The molecule has 1 heterocycles. The van der Waals surface area contributed by atoms with Crippen LogP contribution in [0.25, 0.3) is 0 Å². The van der Waals surface area contributed by atoms with E-state index in [4.69, 9.17) is 15.3 Å². The van der Waals surface area contributed by atoms with Gasteiger partial charge in [0.15, 0.2) is 0 Å².